The van der Waals surface area contributed by atoms with Gasteiger partial charge in [0, 0.05) is 0 Å². The standard InChI is InChI=1S/C54H90N6O18/c1-22(2)34-49(67)73-31(19)43(61)55-38(26(9)10)53(71)77-41(29(15)16)47(65)59-36(24(5)6)51(69)75-33(21)45(63)57-39(27(11)12)54(72)78-42(30(17)18)48(66)60-35(23(3)4)50(68)74-32(20)44(62)56-37(25(7)8)52(70)76-40(28(13)14)46(64)58-34/h22-42H,1-21H3,(H,55,61)(H,56,62)(H,57,63)(H,58,64)(H,59,65)(H,60,66)/t31?,32?,33?,34-,35-,36-,37+,38+,39+,40?,41?,42?/m1/s1. The summed E-state index contributed by atoms with van der Waals surface area (Å²) in [5, 5.41) is 15.1. The second-order valence-electron chi connectivity index (χ2n) is 22.9. The number of amides is 6. The van der Waals surface area contributed by atoms with E-state index in [4.69, 9.17) is 28.4 Å². The SMILES string of the molecule is CC1OC(=O)[C@@H](C(C)C)NC(=O)C(C(C)C)OC(=O)[C@H](C(C)C)NC(=O)C(C)OC(=O)[C@@H](C(C)C)NC(=O)C(C(C)C)OC(=O)[C@H](C(C)C)NC(=O)C(C)OC(=O)[C@@H](C(C)C)NC(=O)C(C(C)C)OC(=O)[C@H](C(C)C)NC1=O. The van der Waals surface area contributed by atoms with Crippen molar-refractivity contribution < 1.29 is 86.0 Å². The maximum atomic E-state index is 13.9. The van der Waals surface area contributed by atoms with Gasteiger partial charge in [0.2, 0.25) is 0 Å². The summed E-state index contributed by atoms with van der Waals surface area (Å²) in [4.78, 5) is 165. The summed E-state index contributed by atoms with van der Waals surface area (Å²) in [6.45, 7) is 32.1. The van der Waals surface area contributed by atoms with Crippen LogP contribution in [0.4, 0.5) is 0 Å². The number of hydrogen-bond acceptors (Lipinski definition) is 18. The number of carbonyl (C=O) groups excluding carboxylic acids is 12. The van der Waals surface area contributed by atoms with Crippen molar-refractivity contribution in [3.8, 4) is 0 Å². The summed E-state index contributed by atoms with van der Waals surface area (Å²) in [6, 6.07) is -8.38. The van der Waals surface area contributed by atoms with Gasteiger partial charge in [-0.15, -0.1) is 0 Å². The van der Waals surface area contributed by atoms with Crippen LogP contribution in [0.1, 0.15) is 145 Å². The van der Waals surface area contributed by atoms with Crippen molar-refractivity contribution >= 4 is 71.3 Å². The molecule has 1 aliphatic rings. The highest BCUT2D eigenvalue weighted by atomic mass is 16.6. The lowest BCUT2D eigenvalue weighted by Crippen LogP contribution is -2.56. The molecule has 6 N–H and O–H groups in total. The predicted octanol–water partition coefficient (Wildman–Crippen LogP) is 2.34. The first-order chi connectivity index (χ1) is 35.9. The van der Waals surface area contributed by atoms with Crippen molar-refractivity contribution in [3.05, 3.63) is 0 Å². The lowest BCUT2D eigenvalue weighted by atomic mass is 10.0. The topological polar surface area (TPSA) is 332 Å². The molecule has 0 aromatic heterocycles. The Bertz CT molecular complexity index is 1890. The van der Waals surface area contributed by atoms with Crippen LogP contribution in [0.3, 0.4) is 0 Å². The largest absolute Gasteiger partial charge is 0.451 e. The molecule has 6 amide bonds. The van der Waals surface area contributed by atoms with Gasteiger partial charge in [-0.2, -0.15) is 0 Å². The molecule has 0 aromatic carbocycles. The Kier molecular flexibility index (Phi) is 27.9. The molecule has 1 heterocycles. The molecule has 0 bridgehead atoms. The van der Waals surface area contributed by atoms with Crippen molar-refractivity contribution in [2.75, 3.05) is 0 Å². The van der Waals surface area contributed by atoms with Gasteiger partial charge in [-0.25, -0.2) is 28.8 Å². The quantitative estimate of drug-likeness (QED) is 0.143. The average Bonchev–Trinajstić information content (AvgIpc) is 3.31. The predicted molar refractivity (Wildman–Crippen MR) is 281 cm³/mol. The zero-order valence-corrected chi connectivity index (χ0v) is 49.5. The van der Waals surface area contributed by atoms with E-state index in [0.717, 1.165) is 0 Å². The van der Waals surface area contributed by atoms with Crippen molar-refractivity contribution in [1.82, 2.24) is 31.9 Å². The Balaban J connectivity index is 3.87. The summed E-state index contributed by atoms with van der Waals surface area (Å²) in [7, 11) is 0. The van der Waals surface area contributed by atoms with Crippen molar-refractivity contribution in [2.24, 2.45) is 53.3 Å². The Morgan fingerprint density at radius 3 is 0.513 bits per heavy atom. The summed E-state index contributed by atoms with van der Waals surface area (Å²) in [5.74, 6) is -17.8. The Morgan fingerprint density at radius 1 is 0.231 bits per heavy atom. The zero-order chi connectivity index (χ0) is 60.5. The van der Waals surface area contributed by atoms with Crippen molar-refractivity contribution in [3.63, 3.8) is 0 Å². The fourth-order valence-electron chi connectivity index (χ4n) is 7.48. The van der Waals surface area contributed by atoms with E-state index in [1.54, 1.807) is 125 Å². The minimum absolute atomic E-state index is 0.647. The van der Waals surface area contributed by atoms with Crippen LogP contribution in [0.5, 0.6) is 0 Å². The van der Waals surface area contributed by atoms with Gasteiger partial charge in [0.1, 0.15) is 36.3 Å². The summed E-state index contributed by atoms with van der Waals surface area (Å²) in [5.41, 5.74) is 0. The molecule has 0 aromatic rings. The maximum absolute atomic E-state index is 13.9. The Hall–Kier alpha value is -6.36. The molecule has 0 aliphatic carbocycles. The van der Waals surface area contributed by atoms with Crippen LogP contribution in [-0.4, -0.2) is 144 Å². The first-order valence-corrected chi connectivity index (χ1v) is 26.9. The molecule has 0 spiro atoms. The molecule has 1 aliphatic heterocycles. The first kappa shape index (κ1) is 69.7. The molecular formula is C54H90N6O18. The molecule has 12 atom stereocenters. The van der Waals surface area contributed by atoms with E-state index in [9.17, 15) is 57.5 Å². The number of ether oxygens (including phenoxy) is 6. The molecule has 6 unspecified atom stereocenters. The second kappa shape index (κ2) is 31.3. The van der Waals surface area contributed by atoms with E-state index in [1.807, 2.05) is 0 Å². The third-order valence-corrected chi connectivity index (χ3v) is 12.6. The monoisotopic (exact) mass is 1110 g/mol. The van der Waals surface area contributed by atoms with E-state index in [-0.39, 0.29) is 0 Å². The summed E-state index contributed by atoms with van der Waals surface area (Å²) >= 11 is 0. The van der Waals surface area contributed by atoms with Crippen LogP contribution < -0.4 is 31.9 Å². The van der Waals surface area contributed by atoms with Crippen LogP contribution in [-0.2, 0) is 86.0 Å². The third kappa shape index (κ3) is 20.8. The van der Waals surface area contributed by atoms with Gasteiger partial charge in [0.25, 0.3) is 35.4 Å². The van der Waals surface area contributed by atoms with Crippen LogP contribution >= 0.6 is 0 Å². The number of cyclic esters (lactones) is 6. The van der Waals surface area contributed by atoms with E-state index >= 15 is 0 Å². The lowest BCUT2D eigenvalue weighted by Gasteiger charge is -2.30. The third-order valence-electron chi connectivity index (χ3n) is 12.6. The number of esters is 6. The van der Waals surface area contributed by atoms with E-state index in [1.165, 1.54) is 20.8 Å². The first-order valence-electron chi connectivity index (χ1n) is 26.9. The number of rotatable bonds is 9. The van der Waals surface area contributed by atoms with Gasteiger partial charge in [-0.3, -0.25) is 28.8 Å². The number of nitrogens with one attached hydrogen (secondary N) is 6. The molecule has 1 saturated heterocycles. The second-order valence-corrected chi connectivity index (χ2v) is 22.9. The van der Waals surface area contributed by atoms with Crippen LogP contribution in [0.25, 0.3) is 0 Å². The normalized spacial score (nSPS) is 28.8. The molecular weight excluding hydrogens is 1020 g/mol. The highest BCUT2D eigenvalue weighted by Gasteiger charge is 2.42. The van der Waals surface area contributed by atoms with Crippen molar-refractivity contribution in [1.29, 1.82) is 0 Å². The summed E-state index contributed by atoms with van der Waals surface area (Å²) < 4.78 is 33.5. The molecule has 444 valence electrons. The van der Waals surface area contributed by atoms with Gasteiger partial charge >= 0.3 is 35.8 Å². The number of carbonyl (C=O) groups is 12. The van der Waals surface area contributed by atoms with Crippen molar-refractivity contribution in [2.45, 2.75) is 218 Å². The van der Waals surface area contributed by atoms with E-state index in [2.05, 4.69) is 31.9 Å². The van der Waals surface area contributed by atoms with Crippen LogP contribution in [0, 0.1) is 53.3 Å². The molecule has 1 fully saturated rings. The van der Waals surface area contributed by atoms with Gasteiger partial charge in [-0.05, 0) is 74.0 Å². The lowest BCUT2D eigenvalue weighted by molar-refractivity contribution is -0.167. The van der Waals surface area contributed by atoms with Crippen LogP contribution in [0.2, 0.25) is 0 Å². The molecule has 24 heteroatoms. The fourth-order valence-corrected chi connectivity index (χ4v) is 7.48. The zero-order valence-electron chi connectivity index (χ0n) is 49.5. The summed E-state index contributed by atoms with van der Waals surface area (Å²) in [6.07, 6.45) is -9.25. The molecule has 24 nitrogen and oxygen atoms in total. The smallest absolute Gasteiger partial charge is 0.329 e. The van der Waals surface area contributed by atoms with Gasteiger partial charge in [0.15, 0.2) is 36.6 Å². The molecule has 0 saturated carbocycles. The van der Waals surface area contributed by atoms with Gasteiger partial charge < -0.3 is 60.3 Å². The molecule has 78 heavy (non-hydrogen) atoms. The van der Waals surface area contributed by atoms with Crippen LogP contribution in [0.15, 0.2) is 0 Å². The number of hydrogen-bond donors (Lipinski definition) is 6. The van der Waals surface area contributed by atoms with Gasteiger partial charge in [-0.1, -0.05) is 125 Å². The molecule has 1 rings (SSSR count). The highest BCUT2D eigenvalue weighted by Crippen LogP contribution is 2.19. The Labute approximate surface area is 459 Å². The molecule has 0 radical (unpaired) electrons. The average molecular weight is 1110 g/mol. The fraction of sp³-hybridized carbons (Fsp3) is 0.778. The highest BCUT2D eigenvalue weighted by molar-refractivity contribution is 5.96. The minimum atomic E-state index is -1.55. The van der Waals surface area contributed by atoms with E-state index in [0.29, 0.717) is 0 Å². The van der Waals surface area contributed by atoms with Gasteiger partial charge in [0.05, 0.1) is 0 Å². The maximum Gasteiger partial charge on any atom is 0.329 e. The minimum Gasteiger partial charge on any atom is -0.451 e. The van der Waals surface area contributed by atoms with E-state index < -0.39 is 197 Å². The Morgan fingerprint density at radius 2 is 0.372 bits per heavy atom.